The topological polar surface area (TPSA) is 104 Å². The van der Waals surface area contributed by atoms with E-state index in [9.17, 15) is 12.8 Å². The molecule has 1 N–H and O–H groups in total. The Kier molecular flexibility index (Phi) is 6.02. The van der Waals surface area contributed by atoms with E-state index < -0.39 is 21.9 Å². The molecule has 3 aromatic heterocycles. The van der Waals surface area contributed by atoms with Crippen molar-refractivity contribution in [1.82, 2.24) is 24.5 Å². The van der Waals surface area contributed by atoms with Crippen LogP contribution in [0.3, 0.4) is 0 Å². The monoisotopic (exact) mass is 576 g/mol. The number of hydrogen-bond acceptors (Lipinski definition) is 7. The van der Waals surface area contributed by atoms with Crippen LogP contribution in [0, 0.1) is 11.2 Å². The van der Waals surface area contributed by atoms with E-state index in [4.69, 9.17) is 27.9 Å². The van der Waals surface area contributed by atoms with E-state index in [1.807, 2.05) is 12.1 Å². The number of H-pyrrole nitrogens is 1. The van der Waals surface area contributed by atoms with Crippen molar-refractivity contribution in [2.45, 2.75) is 13.0 Å². The summed E-state index contributed by atoms with van der Waals surface area (Å²) in [4.78, 5) is 10.7. The molecule has 38 heavy (non-hydrogen) atoms. The van der Waals surface area contributed by atoms with Gasteiger partial charge in [0.1, 0.15) is 17.6 Å². The van der Waals surface area contributed by atoms with Gasteiger partial charge in [0.05, 0.1) is 21.8 Å². The summed E-state index contributed by atoms with van der Waals surface area (Å²) in [6.07, 6.45) is 5.27. The number of pyridine rings is 2. The van der Waals surface area contributed by atoms with Gasteiger partial charge in [0, 0.05) is 72.8 Å². The molecule has 2 aliphatic heterocycles. The highest BCUT2D eigenvalue weighted by molar-refractivity contribution is 7.88. The zero-order valence-corrected chi connectivity index (χ0v) is 22.8. The van der Waals surface area contributed by atoms with Crippen LogP contribution in [0.1, 0.15) is 18.6 Å². The van der Waals surface area contributed by atoms with Crippen molar-refractivity contribution >= 4 is 49.9 Å². The van der Waals surface area contributed by atoms with Gasteiger partial charge in [0.15, 0.2) is 11.6 Å². The minimum Gasteiger partial charge on any atom is -0.483 e. The Labute approximate surface area is 228 Å². The van der Waals surface area contributed by atoms with Crippen molar-refractivity contribution in [2.24, 2.45) is 5.41 Å². The number of halogens is 3. The van der Waals surface area contributed by atoms with Crippen LogP contribution in [0.5, 0.6) is 5.75 Å². The second-order valence-electron chi connectivity index (χ2n) is 9.97. The molecule has 0 aliphatic carbocycles. The zero-order valence-electron chi connectivity index (χ0n) is 20.5. The average molecular weight is 577 g/mol. The Hall–Kier alpha value is -2.99. The van der Waals surface area contributed by atoms with E-state index >= 15 is 0 Å². The molecule has 2 aliphatic rings. The van der Waals surface area contributed by atoms with Gasteiger partial charge in [-0.3, -0.25) is 10.1 Å². The summed E-state index contributed by atoms with van der Waals surface area (Å²) < 4.78 is 45.6. The van der Waals surface area contributed by atoms with Crippen LogP contribution in [0.25, 0.3) is 22.2 Å². The number of nitrogens with zero attached hydrogens (tertiary/aromatic N) is 5. The Morgan fingerprint density at radius 2 is 1.82 bits per heavy atom. The average Bonchev–Trinajstić information content (AvgIpc) is 3.19. The quantitative estimate of drug-likeness (QED) is 0.355. The number of anilines is 1. The Morgan fingerprint density at radius 1 is 1.11 bits per heavy atom. The van der Waals surface area contributed by atoms with E-state index in [-0.39, 0.29) is 11.2 Å². The van der Waals surface area contributed by atoms with Crippen LogP contribution >= 0.6 is 23.2 Å². The molecule has 1 spiro atoms. The molecule has 0 saturated carbocycles. The van der Waals surface area contributed by atoms with E-state index in [0.29, 0.717) is 45.3 Å². The van der Waals surface area contributed by atoms with Crippen LogP contribution in [-0.2, 0) is 10.0 Å². The van der Waals surface area contributed by atoms with Crippen LogP contribution in [0.4, 0.5) is 10.2 Å². The number of sulfonamides is 1. The number of aromatic nitrogens is 4. The van der Waals surface area contributed by atoms with Gasteiger partial charge in [-0.25, -0.2) is 22.1 Å². The summed E-state index contributed by atoms with van der Waals surface area (Å²) in [5.74, 6) is 0.300. The van der Waals surface area contributed by atoms with E-state index in [1.165, 1.54) is 29.0 Å². The largest absolute Gasteiger partial charge is 0.483 e. The SMILES string of the molecule is C[C@@H](Oc1cc2c(-c3ccc(N4CC5(C4)CN(S(C)(=O)=O)C5)nc3)n[nH]c2cc1F)c1c(Cl)cncc1Cl. The van der Waals surface area contributed by atoms with Gasteiger partial charge in [0.25, 0.3) is 0 Å². The molecular formula is C25H23Cl2FN6O3S. The second-order valence-corrected chi connectivity index (χ2v) is 12.8. The fraction of sp³-hybridized carbons (Fsp3) is 0.320. The molecule has 13 heteroatoms. The molecule has 0 bridgehead atoms. The summed E-state index contributed by atoms with van der Waals surface area (Å²) in [5, 5.41) is 8.60. The maximum Gasteiger partial charge on any atom is 0.211 e. The highest BCUT2D eigenvalue weighted by Gasteiger charge is 2.54. The van der Waals surface area contributed by atoms with Crippen molar-refractivity contribution in [2.75, 3.05) is 37.3 Å². The maximum atomic E-state index is 14.9. The molecule has 0 radical (unpaired) electrons. The molecule has 0 amide bonds. The van der Waals surface area contributed by atoms with Crippen molar-refractivity contribution in [3.63, 3.8) is 0 Å². The predicted octanol–water partition coefficient (Wildman–Crippen LogP) is 4.69. The minimum atomic E-state index is -3.13. The molecule has 198 valence electrons. The first-order valence-electron chi connectivity index (χ1n) is 11.8. The molecule has 2 fully saturated rings. The van der Waals surface area contributed by atoms with Gasteiger partial charge >= 0.3 is 0 Å². The third-order valence-electron chi connectivity index (χ3n) is 7.11. The lowest BCUT2D eigenvalue weighted by Crippen LogP contribution is -2.73. The summed E-state index contributed by atoms with van der Waals surface area (Å²) >= 11 is 12.5. The number of hydrogen-bond donors (Lipinski definition) is 1. The Balaban J connectivity index is 1.20. The first kappa shape index (κ1) is 25.3. The smallest absolute Gasteiger partial charge is 0.211 e. The van der Waals surface area contributed by atoms with Gasteiger partial charge in [-0.05, 0) is 25.1 Å². The summed E-state index contributed by atoms with van der Waals surface area (Å²) in [6, 6.07) is 6.76. The van der Waals surface area contributed by atoms with Crippen molar-refractivity contribution in [3.8, 4) is 17.0 Å². The molecule has 1 aromatic carbocycles. The first-order valence-corrected chi connectivity index (χ1v) is 14.4. The molecule has 0 unspecified atom stereocenters. The van der Waals surface area contributed by atoms with E-state index in [1.54, 1.807) is 19.2 Å². The highest BCUT2D eigenvalue weighted by atomic mass is 35.5. The van der Waals surface area contributed by atoms with E-state index in [2.05, 4.69) is 25.1 Å². The fourth-order valence-electron chi connectivity index (χ4n) is 5.16. The Morgan fingerprint density at radius 3 is 2.45 bits per heavy atom. The Bertz CT molecular complexity index is 1630. The summed E-state index contributed by atoms with van der Waals surface area (Å²) in [7, 11) is -3.13. The molecule has 2 saturated heterocycles. The van der Waals surface area contributed by atoms with Crippen molar-refractivity contribution in [1.29, 1.82) is 0 Å². The first-order chi connectivity index (χ1) is 18.0. The molecule has 5 heterocycles. The van der Waals surface area contributed by atoms with Gasteiger partial charge in [-0.1, -0.05) is 23.2 Å². The molecule has 6 rings (SSSR count). The lowest BCUT2D eigenvalue weighted by atomic mass is 9.74. The van der Waals surface area contributed by atoms with Crippen LogP contribution < -0.4 is 9.64 Å². The lowest BCUT2D eigenvalue weighted by molar-refractivity contribution is 0.0395. The molecular weight excluding hydrogens is 554 g/mol. The number of fused-ring (bicyclic) bond motifs is 1. The normalized spacial score (nSPS) is 17.9. The summed E-state index contributed by atoms with van der Waals surface area (Å²) in [6.45, 7) is 4.37. The number of rotatable bonds is 6. The van der Waals surface area contributed by atoms with Gasteiger partial charge < -0.3 is 9.64 Å². The number of ether oxygens (including phenoxy) is 1. The number of benzene rings is 1. The van der Waals surface area contributed by atoms with Gasteiger partial charge in [-0.2, -0.15) is 5.10 Å². The highest BCUT2D eigenvalue weighted by Crippen LogP contribution is 2.43. The maximum absolute atomic E-state index is 14.9. The lowest BCUT2D eigenvalue weighted by Gasteiger charge is -2.59. The third kappa shape index (κ3) is 4.37. The molecule has 4 aromatic rings. The van der Waals surface area contributed by atoms with Crippen LogP contribution in [0.15, 0.2) is 42.9 Å². The molecule has 9 nitrogen and oxygen atoms in total. The summed E-state index contributed by atoms with van der Waals surface area (Å²) in [5.41, 5.74) is 2.43. The number of nitrogens with one attached hydrogen (secondary N) is 1. The van der Waals surface area contributed by atoms with Crippen molar-refractivity contribution < 1.29 is 17.5 Å². The van der Waals surface area contributed by atoms with Crippen LogP contribution in [-0.4, -0.2) is 65.3 Å². The standard InChI is InChI=1S/C25H23Cl2FN6O3S/c1-14(23-17(26)8-29-9-18(23)27)37-21-5-16-20(6-19(21)28)31-32-24(16)15-3-4-22(30-7-15)33-10-25(11-33)12-34(13-25)38(2,35)36/h3-9,14H,10-13H2,1-2H3,(H,31,32)/t14-/m1/s1. The number of aromatic amines is 1. The van der Waals surface area contributed by atoms with Gasteiger partial charge in [-0.15, -0.1) is 0 Å². The predicted molar refractivity (Wildman–Crippen MR) is 144 cm³/mol. The third-order valence-corrected chi connectivity index (χ3v) is 8.90. The zero-order chi connectivity index (χ0) is 26.8. The second kappa shape index (κ2) is 9.04. The van der Waals surface area contributed by atoms with Gasteiger partial charge in [0.2, 0.25) is 10.0 Å². The van der Waals surface area contributed by atoms with Crippen LogP contribution in [0.2, 0.25) is 10.0 Å². The minimum absolute atomic E-state index is 0.0180. The molecule has 1 atom stereocenters. The van der Waals surface area contributed by atoms with Crippen molar-refractivity contribution in [3.05, 3.63) is 64.3 Å². The fourth-order valence-corrected chi connectivity index (χ4v) is 6.85. The van der Waals surface area contributed by atoms with E-state index in [0.717, 1.165) is 24.5 Å².